The van der Waals surface area contributed by atoms with E-state index in [4.69, 9.17) is 0 Å². The van der Waals surface area contributed by atoms with Crippen molar-refractivity contribution >= 4 is 11.8 Å². The van der Waals surface area contributed by atoms with Crippen LogP contribution in [0.25, 0.3) is 0 Å². The molecule has 78 valence electrons. The van der Waals surface area contributed by atoms with Crippen molar-refractivity contribution in [2.24, 2.45) is 0 Å². The lowest BCUT2D eigenvalue weighted by Gasteiger charge is -2.26. The first kappa shape index (κ1) is 11.3. The Morgan fingerprint density at radius 3 is 2.85 bits per heavy atom. The Hall–Kier alpha value is 0.270. The van der Waals surface area contributed by atoms with Gasteiger partial charge in [0.2, 0.25) is 0 Å². The van der Waals surface area contributed by atoms with E-state index in [1.54, 1.807) is 0 Å². The Labute approximate surface area is 85.5 Å². The molecule has 0 aromatic rings. The third kappa shape index (κ3) is 2.86. The first-order valence-electron chi connectivity index (χ1n) is 5.17. The molecule has 1 rings (SSSR count). The van der Waals surface area contributed by atoms with Crippen LogP contribution in [-0.2, 0) is 0 Å². The third-order valence-corrected chi connectivity index (χ3v) is 4.47. The first-order valence-corrected chi connectivity index (χ1v) is 6.22. The van der Waals surface area contributed by atoms with Crippen molar-refractivity contribution in [3.05, 3.63) is 0 Å². The lowest BCUT2D eigenvalue weighted by molar-refractivity contribution is 0.173. The minimum Gasteiger partial charge on any atom is -0.394 e. The predicted molar refractivity (Wildman–Crippen MR) is 59.3 cm³/mol. The monoisotopic (exact) mass is 203 g/mol. The summed E-state index contributed by atoms with van der Waals surface area (Å²) in [5, 5.41) is 13.3. The molecule has 2 unspecified atom stereocenters. The number of likely N-dealkylation sites (N-methyl/N-ethyl adjacent to an activating group) is 1. The molecule has 1 aliphatic rings. The molecule has 1 aliphatic carbocycles. The van der Waals surface area contributed by atoms with Crippen LogP contribution < -0.4 is 5.32 Å². The predicted octanol–water partition coefficient (Wildman–Crippen LogP) is 1.63. The summed E-state index contributed by atoms with van der Waals surface area (Å²) < 4.78 is 0. The van der Waals surface area contributed by atoms with Crippen molar-refractivity contribution in [3.63, 3.8) is 0 Å². The maximum absolute atomic E-state index is 9.29. The Morgan fingerprint density at radius 2 is 2.38 bits per heavy atom. The van der Waals surface area contributed by atoms with Gasteiger partial charge < -0.3 is 10.4 Å². The summed E-state index contributed by atoms with van der Waals surface area (Å²) in [4.78, 5) is 0. The fraction of sp³-hybridized carbons (Fsp3) is 1.00. The van der Waals surface area contributed by atoms with Crippen molar-refractivity contribution in [2.45, 2.75) is 43.4 Å². The Kier molecular flexibility index (Phi) is 4.56. The van der Waals surface area contributed by atoms with Crippen LogP contribution in [0.3, 0.4) is 0 Å². The highest BCUT2D eigenvalue weighted by molar-refractivity contribution is 7.99. The molecule has 13 heavy (non-hydrogen) atoms. The maximum Gasteiger partial charge on any atom is 0.0613 e. The van der Waals surface area contributed by atoms with E-state index in [1.165, 1.54) is 18.6 Å². The van der Waals surface area contributed by atoms with Gasteiger partial charge in [0.05, 0.1) is 6.61 Å². The van der Waals surface area contributed by atoms with Crippen molar-refractivity contribution in [3.8, 4) is 0 Å². The van der Waals surface area contributed by atoms with Crippen molar-refractivity contribution < 1.29 is 5.11 Å². The molecule has 0 aromatic carbocycles. The summed E-state index contributed by atoms with van der Waals surface area (Å²) in [5.41, 5.74) is 0.0331. The lowest BCUT2D eigenvalue weighted by Crippen LogP contribution is -2.44. The normalized spacial score (nSPS) is 33.9. The van der Waals surface area contributed by atoms with Gasteiger partial charge in [-0.05, 0) is 38.5 Å². The topological polar surface area (TPSA) is 32.3 Å². The molecule has 3 heteroatoms. The van der Waals surface area contributed by atoms with Gasteiger partial charge in [-0.1, -0.05) is 6.92 Å². The number of nitrogens with one attached hydrogen (secondary N) is 1. The van der Waals surface area contributed by atoms with Crippen molar-refractivity contribution in [2.75, 3.05) is 19.4 Å². The first-order chi connectivity index (χ1) is 6.26. The summed E-state index contributed by atoms with van der Waals surface area (Å²) in [6, 6.07) is 0. The number of hydrogen-bond acceptors (Lipinski definition) is 3. The maximum atomic E-state index is 9.29. The molecular formula is C10H21NOS. The molecular weight excluding hydrogens is 182 g/mol. The Balaban J connectivity index is 2.33. The summed E-state index contributed by atoms with van der Waals surface area (Å²) in [5.74, 6) is 1.26. The van der Waals surface area contributed by atoms with Gasteiger partial charge in [-0.3, -0.25) is 0 Å². The van der Waals surface area contributed by atoms with Crippen LogP contribution in [0.4, 0.5) is 0 Å². The molecule has 1 saturated carbocycles. The molecule has 2 atom stereocenters. The van der Waals surface area contributed by atoms with E-state index in [1.807, 2.05) is 7.05 Å². The fourth-order valence-corrected chi connectivity index (χ4v) is 3.24. The Bertz CT molecular complexity index is 148. The lowest BCUT2D eigenvalue weighted by atomic mass is 10.00. The molecule has 2 nitrogen and oxygen atoms in total. The molecule has 0 heterocycles. The third-order valence-electron chi connectivity index (χ3n) is 2.95. The van der Waals surface area contributed by atoms with Crippen molar-refractivity contribution in [1.82, 2.24) is 5.32 Å². The van der Waals surface area contributed by atoms with E-state index in [0.29, 0.717) is 0 Å². The van der Waals surface area contributed by atoms with Gasteiger partial charge in [0.15, 0.2) is 0 Å². The van der Waals surface area contributed by atoms with E-state index in [0.717, 1.165) is 18.1 Å². The minimum absolute atomic E-state index is 0.0331. The summed E-state index contributed by atoms with van der Waals surface area (Å²) >= 11 is 2.07. The smallest absolute Gasteiger partial charge is 0.0613 e. The molecule has 0 amide bonds. The van der Waals surface area contributed by atoms with Crippen LogP contribution in [0.2, 0.25) is 0 Å². The highest BCUT2D eigenvalue weighted by Crippen LogP contribution is 2.36. The zero-order valence-corrected chi connectivity index (χ0v) is 9.49. The summed E-state index contributed by atoms with van der Waals surface area (Å²) in [6.07, 6.45) is 4.77. The van der Waals surface area contributed by atoms with Gasteiger partial charge in [0.1, 0.15) is 0 Å². The highest BCUT2D eigenvalue weighted by Gasteiger charge is 2.37. The zero-order valence-electron chi connectivity index (χ0n) is 8.68. The van der Waals surface area contributed by atoms with Gasteiger partial charge in [-0.25, -0.2) is 0 Å². The number of thioether (sulfide) groups is 1. The highest BCUT2D eigenvalue weighted by atomic mass is 32.2. The van der Waals surface area contributed by atoms with Crippen LogP contribution in [0.5, 0.6) is 0 Å². The molecule has 2 N–H and O–H groups in total. The average molecular weight is 203 g/mol. The molecule has 0 aromatic heterocycles. The second kappa shape index (κ2) is 5.23. The number of hydrogen-bond donors (Lipinski definition) is 2. The second-order valence-electron chi connectivity index (χ2n) is 3.92. The quantitative estimate of drug-likeness (QED) is 0.712. The molecule has 0 radical (unpaired) electrons. The van der Waals surface area contributed by atoms with E-state index >= 15 is 0 Å². The molecule has 0 saturated heterocycles. The number of rotatable bonds is 5. The number of aliphatic hydroxyl groups excluding tert-OH is 1. The van der Waals surface area contributed by atoms with Gasteiger partial charge >= 0.3 is 0 Å². The van der Waals surface area contributed by atoms with E-state index in [-0.39, 0.29) is 12.1 Å². The molecule has 0 aliphatic heterocycles. The SMILES string of the molecule is CCCSC1CCC(CO)(NC)C1. The summed E-state index contributed by atoms with van der Waals surface area (Å²) in [6.45, 7) is 2.51. The van der Waals surface area contributed by atoms with Crippen LogP contribution in [0.1, 0.15) is 32.6 Å². The molecule has 0 spiro atoms. The van der Waals surface area contributed by atoms with Gasteiger partial charge in [0.25, 0.3) is 0 Å². The van der Waals surface area contributed by atoms with Gasteiger partial charge in [0, 0.05) is 10.8 Å². The van der Waals surface area contributed by atoms with Crippen LogP contribution in [-0.4, -0.2) is 35.3 Å². The summed E-state index contributed by atoms with van der Waals surface area (Å²) in [7, 11) is 1.96. The van der Waals surface area contributed by atoms with E-state index < -0.39 is 0 Å². The minimum atomic E-state index is 0.0331. The van der Waals surface area contributed by atoms with Gasteiger partial charge in [-0.15, -0.1) is 0 Å². The Morgan fingerprint density at radius 1 is 1.62 bits per heavy atom. The second-order valence-corrected chi connectivity index (χ2v) is 5.33. The standard InChI is InChI=1S/C10H21NOS/c1-3-6-13-9-4-5-10(7-9,8-12)11-2/h9,11-12H,3-8H2,1-2H3. The largest absolute Gasteiger partial charge is 0.394 e. The van der Waals surface area contributed by atoms with Crippen molar-refractivity contribution in [1.29, 1.82) is 0 Å². The van der Waals surface area contributed by atoms with E-state index in [2.05, 4.69) is 24.0 Å². The number of aliphatic hydroxyl groups is 1. The molecule has 0 bridgehead atoms. The molecule has 1 fully saturated rings. The van der Waals surface area contributed by atoms with Gasteiger partial charge in [-0.2, -0.15) is 11.8 Å². The fourth-order valence-electron chi connectivity index (χ4n) is 1.95. The average Bonchev–Trinajstić information content (AvgIpc) is 2.59. The van der Waals surface area contributed by atoms with Crippen LogP contribution >= 0.6 is 11.8 Å². The zero-order chi connectivity index (χ0) is 9.73. The van der Waals surface area contributed by atoms with Crippen LogP contribution in [0, 0.1) is 0 Å². The van der Waals surface area contributed by atoms with Crippen LogP contribution in [0.15, 0.2) is 0 Å². The van der Waals surface area contributed by atoms with E-state index in [9.17, 15) is 5.11 Å².